The highest BCUT2D eigenvalue weighted by Gasteiger charge is 2.16. The topological polar surface area (TPSA) is 49.8 Å². The van der Waals surface area contributed by atoms with Gasteiger partial charge in [0.05, 0.1) is 18.8 Å². The summed E-state index contributed by atoms with van der Waals surface area (Å²) < 4.78 is 31.4. The Kier molecular flexibility index (Phi) is 7.28. The van der Waals surface area contributed by atoms with Gasteiger partial charge in [-0.25, -0.2) is 8.78 Å². The first-order chi connectivity index (χ1) is 9.60. The van der Waals surface area contributed by atoms with Crippen LogP contribution in [0.2, 0.25) is 0 Å². The van der Waals surface area contributed by atoms with Crippen LogP contribution in [0.5, 0.6) is 0 Å². The summed E-state index contributed by atoms with van der Waals surface area (Å²) in [5.41, 5.74) is -0.235. The van der Waals surface area contributed by atoms with Gasteiger partial charge in [0.25, 0.3) is 0 Å². The van der Waals surface area contributed by atoms with Crippen LogP contribution in [0, 0.1) is 11.6 Å². The number of nitrogens with zero attached hydrogens (tertiary/aromatic N) is 1. The minimum Gasteiger partial charge on any atom is -0.395 e. The molecule has 0 heterocycles. The normalized spacial score (nSPS) is 11.1. The van der Waals surface area contributed by atoms with E-state index in [2.05, 4.69) is 0 Å². The number of methoxy groups -OCH3 is 1. The summed E-state index contributed by atoms with van der Waals surface area (Å²) in [7, 11) is 1.56. The van der Waals surface area contributed by atoms with Crippen LogP contribution in [-0.4, -0.2) is 55.7 Å². The van der Waals surface area contributed by atoms with Crippen LogP contribution in [-0.2, 0) is 4.74 Å². The van der Waals surface area contributed by atoms with Crippen molar-refractivity contribution in [2.75, 3.05) is 40.0 Å². The predicted molar refractivity (Wildman–Crippen MR) is 70.7 cm³/mol. The van der Waals surface area contributed by atoms with Gasteiger partial charge >= 0.3 is 0 Å². The number of hydrogen-bond acceptors (Lipinski definition) is 4. The summed E-state index contributed by atoms with van der Waals surface area (Å²) >= 11 is 0. The molecule has 0 amide bonds. The summed E-state index contributed by atoms with van der Waals surface area (Å²) in [5.74, 6) is -2.59. The average Bonchev–Trinajstić information content (AvgIpc) is 2.44. The van der Waals surface area contributed by atoms with Crippen molar-refractivity contribution < 1.29 is 23.4 Å². The Balaban J connectivity index is 2.58. The zero-order valence-corrected chi connectivity index (χ0v) is 11.4. The fraction of sp³-hybridized carbons (Fsp3) is 0.500. The third-order valence-corrected chi connectivity index (χ3v) is 2.93. The summed E-state index contributed by atoms with van der Waals surface area (Å²) in [6.45, 7) is 1.77. The molecular weight excluding hydrogens is 268 g/mol. The SMILES string of the molecule is COCCN(CCO)CCC(=O)c1cccc(F)c1F. The van der Waals surface area contributed by atoms with Crippen molar-refractivity contribution in [2.45, 2.75) is 6.42 Å². The van der Waals surface area contributed by atoms with Gasteiger partial charge in [-0.05, 0) is 12.1 Å². The minimum absolute atomic E-state index is 0.0355. The Morgan fingerprint density at radius 2 is 2.05 bits per heavy atom. The zero-order valence-electron chi connectivity index (χ0n) is 11.4. The molecule has 0 aliphatic heterocycles. The van der Waals surface area contributed by atoms with E-state index in [1.165, 1.54) is 12.1 Å². The molecule has 1 aromatic carbocycles. The molecule has 1 N–H and O–H groups in total. The smallest absolute Gasteiger partial charge is 0.169 e. The van der Waals surface area contributed by atoms with Gasteiger partial charge < -0.3 is 9.84 Å². The van der Waals surface area contributed by atoms with E-state index < -0.39 is 17.4 Å². The molecule has 0 spiro atoms. The molecule has 112 valence electrons. The molecule has 1 aromatic rings. The van der Waals surface area contributed by atoms with Crippen molar-refractivity contribution in [3.8, 4) is 0 Å². The lowest BCUT2D eigenvalue weighted by molar-refractivity contribution is 0.0928. The minimum atomic E-state index is -1.11. The number of hydrogen-bond donors (Lipinski definition) is 1. The Hall–Kier alpha value is -1.37. The van der Waals surface area contributed by atoms with Crippen molar-refractivity contribution in [2.24, 2.45) is 0 Å². The molecule has 0 radical (unpaired) electrons. The molecule has 1 rings (SSSR count). The summed E-state index contributed by atoms with van der Waals surface area (Å²) in [6.07, 6.45) is 0.0596. The molecule has 0 aliphatic carbocycles. The van der Waals surface area contributed by atoms with Gasteiger partial charge in [0.2, 0.25) is 0 Å². The summed E-state index contributed by atoms with van der Waals surface area (Å²) in [5, 5.41) is 8.92. The number of halogens is 2. The fourth-order valence-corrected chi connectivity index (χ4v) is 1.81. The predicted octanol–water partition coefficient (Wildman–Crippen LogP) is 1.48. The van der Waals surface area contributed by atoms with Gasteiger partial charge in [0.15, 0.2) is 17.4 Å². The Bertz CT molecular complexity index is 440. The molecule has 6 heteroatoms. The number of ketones is 1. The molecule has 20 heavy (non-hydrogen) atoms. The van der Waals surface area contributed by atoms with Crippen molar-refractivity contribution in [1.29, 1.82) is 0 Å². The fourth-order valence-electron chi connectivity index (χ4n) is 1.81. The Morgan fingerprint density at radius 3 is 2.70 bits per heavy atom. The van der Waals surface area contributed by atoms with Gasteiger partial charge in [-0.3, -0.25) is 9.69 Å². The van der Waals surface area contributed by atoms with Gasteiger partial charge in [0, 0.05) is 33.2 Å². The second-order valence-electron chi connectivity index (χ2n) is 4.33. The molecule has 0 aliphatic rings. The molecule has 0 fully saturated rings. The number of ether oxygens (including phenoxy) is 1. The molecule has 0 saturated carbocycles. The quantitative estimate of drug-likeness (QED) is 0.699. The number of Topliss-reactive ketones (excluding diaryl/α,β-unsaturated/α-hetero) is 1. The van der Waals surface area contributed by atoms with Crippen molar-refractivity contribution in [3.05, 3.63) is 35.4 Å². The van der Waals surface area contributed by atoms with Crippen LogP contribution >= 0.6 is 0 Å². The third-order valence-electron chi connectivity index (χ3n) is 2.93. The van der Waals surface area contributed by atoms with E-state index in [0.29, 0.717) is 26.2 Å². The largest absolute Gasteiger partial charge is 0.395 e. The molecule has 0 aromatic heterocycles. The number of aliphatic hydroxyl groups is 1. The zero-order chi connectivity index (χ0) is 15.0. The van der Waals surface area contributed by atoms with Crippen LogP contribution < -0.4 is 0 Å². The summed E-state index contributed by atoms with van der Waals surface area (Å²) in [6, 6.07) is 3.55. The van der Waals surface area contributed by atoms with Crippen LogP contribution in [0.15, 0.2) is 18.2 Å². The summed E-state index contributed by atoms with van der Waals surface area (Å²) in [4.78, 5) is 13.7. The van der Waals surface area contributed by atoms with E-state index >= 15 is 0 Å². The van der Waals surface area contributed by atoms with Gasteiger partial charge in [-0.15, -0.1) is 0 Å². The van der Waals surface area contributed by atoms with Crippen molar-refractivity contribution in [1.82, 2.24) is 4.90 Å². The van der Waals surface area contributed by atoms with E-state index in [9.17, 15) is 13.6 Å². The van der Waals surface area contributed by atoms with E-state index in [1.807, 2.05) is 4.90 Å². The molecular formula is C14H19F2NO3. The maximum absolute atomic E-state index is 13.5. The maximum atomic E-state index is 13.5. The highest BCUT2D eigenvalue weighted by molar-refractivity contribution is 5.96. The van der Waals surface area contributed by atoms with Crippen molar-refractivity contribution in [3.63, 3.8) is 0 Å². The van der Waals surface area contributed by atoms with Crippen LogP contribution in [0.25, 0.3) is 0 Å². The molecule has 0 bridgehead atoms. The first-order valence-electron chi connectivity index (χ1n) is 6.39. The molecule has 0 unspecified atom stereocenters. The number of carbonyl (C=O) groups excluding carboxylic acids is 1. The molecule has 4 nitrogen and oxygen atoms in total. The van der Waals surface area contributed by atoms with Gasteiger partial charge in [-0.1, -0.05) is 6.07 Å². The van der Waals surface area contributed by atoms with E-state index in [0.717, 1.165) is 6.07 Å². The third kappa shape index (κ3) is 4.96. The van der Waals surface area contributed by atoms with Crippen LogP contribution in [0.4, 0.5) is 8.78 Å². The second kappa shape index (κ2) is 8.73. The molecule has 0 atom stereocenters. The van der Waals surface area contributed by atoms with E-state index in [-0.39, 0.29) is 18.6 Å². The first kappa shape index (κ1) is 16.7. The van der Waals surface area contributed by atoms with Gasteiger partial charge in [-0.2, -0.15) is 0 Å². The standard InChI is InChI=1S/C14H19F2NO3/c1-20-10-8-17(7-9-18)6-5-13(19)11-3-2-4-12(15)14(11)16/h2-4,18H,5-10H2,1H3. The first-order valence-corrected chi connectivity index (χ1v) is 6.39. The highest BCUT2D eigenvalue weighted by Crippen LogP contribution is 2.13. The number of aliphatic hydroxyl groups excluding tert-OH is 1. The van der Waals surface area contributed by atoms with Crippen molar-refractivity contribution >= 4 is 5.78 Å². The maximum Gasteiger partial charge on any atom is 0.169 e. The van der Waals surface area contributed by atoms with Crippen LogP contribution in [0.1, 0.15) is 16.8 Å². The Labute approximate surface area is 117 Å². The monoisotopic (exact) mass is 287 g/mol. The number of carbonyl (C=O) groups is 1. The Morgan fingerprint density at radius 1 is 1.30 bits per heavy atom. The second-order valence-corrected chi connectivity index (χ2v) is 4.33. The lowest BCUT2D eigenvalue weighted by Crippen LogP contribution is -2.32. The van der Waals surface area contributed by atoms with E-state index in [1.54, 1.807) is 7.11 Å². The molecule has 0 saturated heterocycles. The number of rotatable bonds is 9. The lowest BCUT2D eigenvalue weighted by Gasteiger charge is -2.20. The average molecular weight is 287 g/mol. The van der Waals surface area contributed by atoms with E-state index in [4.69, 9.17) is 9.84 Å². The number of benzene rings is 1. The highest BCUT2D eigenvalue weighted by atomic mass is 19.2. The van der Waals surface area contributed by atoms with Crippen LogP contribution in [0.3, 0.4) is 0 Å². The lowest BCUT2D eigenvalue weighted by atomic mass is 10.1. The van der Waals surface area contributed by atoms with Gasteiger partial charge in [0.1, 0.15) is 0 Å².